The highest BCUT2D eigenvalue weighted by Crippen LogP contribution is 2.30. The van der Waals surface area contributed by atoms with Gasteiger partial charge in [0.05, 0.1) is 30.6 Å². The number of anilines is 1. The Morgan fingerprint density at radius 2 is 1.71 bits per heavy atom. The number of aromatic nitrogens is 2. The van der Waals surface area contributed by atoms with Crippen LogP contribution >= 0.6 is 0 Å². The zero-order valence-electron chi connectivity index (χ0n) is 29.9. The van der Waals surface area contributed by atoms with Gasteiger partial charge in [0, 0.05) is 55.4 Å². The number of amides is 2. The fourth-order valence-electron chi connectivity index (χ4n) is 5.50. The molecule has 0 radical (unpaired) electrons. The largest absolute Gasteiger partial charge is 0.354 e. The molecule has 0 aliphatic heterocycles. The third-order valence-electron chi connectivity index (χ3n) is 8.67. The van der Waals surface area contributed by atoms with E-state index in [0.717, 1.165) is 35.2 Å². The lowest BCUT2D eigenvalue weighted by atomic mass is 9.91. The minimum Gasteiger partial charge on any atom is -0.354 e. The summed E-state index contributed by atoms with van der Waals surface area (Å²) in [7, 11) is -3.76. The maximum Gasteiger partial charge on any atom is 0.251 e. The summed E-state index contributed by atoms with van der Waals surface area (Å²) in [5.41, 5.74) is 8.59. The number of aldehydes is 1. The van der Waals surface area contributed by atoms with Crippen molar-refractivity contribution in [3.05, 3.63) is 125 Å². The standard InChI is InChI=1S/C37H44N6O4S.C2H5NO/c1-26(30-12-9-16-38-23-30)42-37(45)32-18-31(20-35(21-32)43(48(3,46)47)25-29-10-5-4-6-11-29)33(19-34-13-7-8-17-39-34)24-40-27(2)36(44)41-22-28-14-15-28;3-1-2-4/h4-13,16-18,20-21,23,26-28,33,40H,14-15,19,22,24-25H2,1-3H3,(H,41,44)(H,42,45);2H,1,3H2/t26?,27-,33-;/m0./s1. The van der Waals surface area contributed by atoms with Crippen LogP contribution in [0.15, 0.2) is 97.5 Å². The Morgan fingerprint density at radius 3 is 2.33 bits per heavy atom. The smallest absolute Gasteiger partial charge is 0.251 e. The number of nitrogens with one attached hydrogen (secondary N) is 3. The Bertz CT molecular complexity index is 1840. The van der Waals surface area contributed by atoms with Gasteiger partial charge in [0.25, 0.3) is 5.91 Å². The van der Waals surface area contributed by atoms with Gasteiger partial charge in [0.1, 0.15) is 6.29 Å². The third-order valence-corrected chi connectivity index (χ3v) is 9.81. The third kappa shape index (κ3) is 12.7. The molecule has 1 fully saturated rings. The summed E-state index contributed by atoms with van der Waals surface area (Å²) in [5.74, 6) is -0.0957. The highest BCUT2D eigenvalue weighted by molar-refractivity contribution is 7.92. The topological polar surface area (TPSA) is 176 Å². The van der Waals surface area contributed by atoms with E-state index in [1.54, 1.807) is 24.7 Å². The molecule has 0 saturated heterocycles. The Balaban J connectivity index is 0.00000144. The summed E-state index contributed by atoms with van der Waals surface area (Å²) >= 11 is 0. The molecule has 276 valence electrons. The second-order valence-corrected chi connectivity index (χ2v) is 14.9. The van der Waals surface area contributed by atoms with Crippen molar-refractivity contribution >= 4 is 33.8 Å². The van der Waals surface area contributed by atoms with Crippen LogP contribution in [0.5, 0.6) is 0 Å². The predicted octanol–water partition coefficient (Wildman–Crippen LogP) is 3.91. The summed E-state index contributed by atoms with van der Waals surface area (Å²) < 4.78 is 27.9. The Kier molecular flexibility index (Phi) is 15.0. The van der Waals surface area contributed by atoms with Crippen LogP contribution in [0.3, 0.4) is 0 Å². The number of rotatable bonds is 17. The van der Waals surface area contributed by atoms with Gasteiger partial charge in [-0.1, -0.05) is 42.5 Å². The van der Waals surface area contributed by atoms with Crippen molar-refractivity contribution in [3.8, 4) is 0 Å². The van der Waals surface area contributed by atoms with Crippen molar-refractivity contribution in [2.75, 3.05) is 30.2 Å². The van der Waals surface area contributed by atoms with Crippen molar-refractivity contribution in [2.45, 2.75) is 57.7 Å². The zero-order chi connectivity index (χ0) is 37.5. The molecule has 0 spiro atoms. The van der Waals surface area contributed by atoms with Gasteiger partial charge in [-0.25, -0.2) is 8.42 Å². The molecule has 5 N–H and O–H groups in total. The maximum atomic E-state index is 13.9. The van der Waals surface area contributed by atoms with E-state index in [4.69, 9.17) is 4.79 Å². The molecule has 3 atom stereocenters. The summed E-state index contributed by atoms with van der Waals surface area (Å²) in [6.45, 7) is 5.02. The van der Waals surface area contributed by atoms with Crippen LogP contribution < -0.4 is 26.0 Å². The number of benzene rings is 2. The number of carbonyl (C=O) groups is 3. The summed E-state index contributed by atoms with van der Waals surface area (Å²) in [4.78, 5) is 44.5. The number of nitrogens with zero attached hydrogens (tertiary/aromatic N) is 3. The molecular formula is C39H49N7O5S. The Hall–Kier alpha value is -4.98. The Labute approximate surface area is 306 Å². The molecule has 13 heteroatoms. The number of sulfonamides is 1. The van der Waals surface area contributed by atoms with Crippen LogP contribution in [-0.2, 0) is 32.6 Å². The zero-order valence-corrected chi connectivity index (χ0v) is 30.8. The lowest BCUT2D eigenvalue weighted by Gasteiger charge is -2.27. The first kappa shape index (κ1) is 39.8. The van der Waals surface area contributed by atoms with Crippen LogP contribution in [0, 0.1) is 5.92 Å². The fraction of sp³-hybridized carbons (Fsp3) is 0.359. The lowest BCUT2D eigenvalue weighted by molar-refractivity contribution is -0.122. The first-order valence-corrected chi connectivity index (χ1v) is 19.2. The molecule has 1 aliphatic rings. The van der Waals surface area contributed by atoms with Gasteiger partial charge in [0.15, 0.2) is 0 Å². The molecule has 0 bridgehead atoms. The first-order valence-electron chi connectivity index (χ1n) is 17.4. The van der Waals surface area contributed by atoms with Crippen molar-refractivity contribution in [1.82, 2.24) is 25.9 Å². The number of carbonyl (C=O) groups excluding carboxylic acids is 3. The molecule has 12 nitrogen and oxygen atoms in total. The van der Waals surface area contributed by atoms with Gasteiger partial charge in [-0.15, -0.1) is 0 Å². The molecule has 1 unspecified atom stereocenters. The highest BCUT2D eigenvalue weighted by Gasteiger charge is 2.26. The van der Waals surface area contributed by atoms with Crippen molar-refractivity contribution < 1.29 is 22.8 Å². The number of hydrogen-bond donors (Lipinski definition) is 4. The molecule has 2 aromatic carbocycles. The van der Waals surface area contributed by atoms with Gasteiger partial charge >= 0.3 is 0 Å². The lowest BCUT2D eigenvalue weighted by Crippen LogP contribution is -2.44. The van der Waals surface area contributed by atoms with Gasteiger partial charge < -0.3 is 26.5 Å². The minimum absolute atomic E-state index is 0.0668. The number of pyridine rings is 2. The predicted molar refractivity (Wildman–Crippen MR) is 203 cm³/mol. The van der Waals surface area contributed by atoms with Crippen LogP contribution in [-0.4, -0.2) is 68.4 Å². The fourth-order valence-corrected chi connectivity index (χ4v) is 6.37. The molecular weight excluding hydrogens is 679 g/mol. The van der Waals surface area contributed by atoms with Gasteiger partial charge in [0.2, 0.25) is 15.9 Å². The van der Waals surface area contributed by atoms with Crippen LogP contribution in [0.1, 0.15) is 71.4 Å². The quantitative estimate of drug-likeness (QED) is 0.118. The molecule has 2 amide bonds. The van der Waals surface area contributed by atoms with Crippen LogP contribution in [0.25, 0.3) is 0 Å². The monoisotopic (exact) mass is 727 g/mol. The second kappa shape index (κ2) is 19.6. The first-order chi connectivity index (χ1) is 25.0. The molecule has 4 aromatic rings. The van der Waals surface area contributed by atoms with Gasteiger partial charge in [-0.3, -0.25) is 23.9 Å². The summed E-state index contributed by atoms with van der Waals surface area (Å²) in [5, 5.41) is 9.47. The van der Waals surface area contributed by atoms with E-state index in [1.165, 1.54) is 10.6 Å². The maximum absolute atomic E-state index is 13.9. The molecule has 2 heterocycles. The van der Waals surface area contributed by atoms with Crippen molar-refractivity contribution in [2.24, 2.45) is 11.7 Å². The summed E-state index contributed by atoms with van der Waals surface area (Å²) in [6, 6.07) is 23.2. The van der Waals surface area contributed by atoms with Gasteiger partial charge in [-0.05, 0) is 92.1 Å². The molecule has 2 aromatic heterocycles. The van der Waals surface area contributed by atoms with Crippen molar-refractivity contribution in [1.29, 1.82) is 0 Å². The van der Waals surface area contributed by atoms with Crippen LogP contribution in [0.2, 0.25) is 0 Å². The van der Waals surface area contributed by atoms with Crippen LogP contribution in [0.4, 0.5) is 5.69 Å². The van der Waals surface area contributed by atoms with Gasteiger partial charge in [-0.2, -0.15) is 0 Å². The van der Waals surface area contributed by atoms with Crippen molar-refractivity contribution in [3.63, 3.8) is 0 Å². The van der Waals surface area contributed by atoms with E-state index >= 15 is 0 Å². The van der Waals surface area contributed by atoms with E-state index in [9.17, 15) is 18.0 Å². The van der Waals surface area contributed by atoms with E-state index in [1.807, 2.05) is 86.6 Å². The minimum atomic E-state index is -3.76. The van der Waals surface area contributed by atoms with E-state index in [2.05, 4.69) is 31.7 Å². The molecule has 1 aliphatic carbocycles. The SMILES string of the molecule is CC(NC(=O)c1cc([C@H](CN[C@@H](C)C(=O)NCC2CC2)Cc2ccccn2)cc(N(Cc2ccccc2)S(C)(=O)=O)c1)c1cccnc1.NCC=O. The highest BCUT2D eigenvalue weighted by atomic mass is 32.2. The second-order valence-electron chi connectivity index (χ2n) is 13.0. The van der Waals surface area contributed by atoms with E-state index in [-0.39, 0.29) is 36.9 Å². The Morgan fingerprint density at radius 1 is 0.981 bits per heavy atom. The molecule has 1 saturated carbocycles. The van der Waals surface area contributed by atoms with E-state index in [0.29, 0.717) is 43.0 Å². The number of nitrogens with two attached hydrogens (primary N) is 1. The van der Waals surface area contributed by atoms with E-state index < -0.39 is 16.1 Å². The average molecular weight is 728 g/mol. The normalized spacial score (nSPS) is 14.2. The molecule has 52 heavy (non-hydrogen) atoms. The summed E-state index contributed by atoms with van der Waals surface area (Å²) in [6.07, 6.45) is 9.73. The number of hydrogen-bond acceptors (Lipinski definition) is 9. The molecule has 5 rings (SSSR count). The average Bonchev–Trinajstić information content (AvgIpc) is 3.99.